The third-order valence-corrected chi connectivity index (χ3v) is 15.6. The summed E-state index contributed by atoms with van der Waals surface area (Å²) < 4.78 is 1.34. The Kier molecular flexibility index (Phi) is 10.8. The zero-order valence-electron chi connectivity index (χ0n) is 39.9. The number of fused-ring (bicyclic) bond motifs is 4. The molecule has 0 spiro atoms. The predicted octanol–water partition coefficient (Wildman–Crippen LogP) is 14.9. The van der Waals surface area contributed by atoms with Crippen molar-refractivity contribution in [1.29, 1.82) is 0 Å². The molecular formula is C61H65BS. The lowest BCUT2D eigenvalue weighted by molar-refractivity contribution is 0.332. The quantitative estimate of drug-likeness (QED) is 0.146. The maximum absolute atomic E-state index is 2.69. The molecule has 0 amide bonds. The van der Waals surface area contributed by atoms with Crippen LogP contribution in [0.5, 0.6) is 0 Å². The summed E-state index contributed by atoms with van der Waals surface area (Å²) in [5.74, 6) is 0. The normalized spacial score (nSPS) is 15.8. The van der Waals surface area contributed by atoms with Crippen LogP contribution in [-0.4, -0.2) is 6.71 Å². The Morgan fingerprint density at radius 3 is 1.94 bits per heavy atom. The molecule has 1 aliphatic heterocycles. The average molecular weight is 841 g/mol. The SMILES string of the molecule is Cc1cc(C)c2c(c1)C=C(Cc1ccc(C(C)(C)C)cc1)c1cc3c(cc1B2c1c(/C=C\c2ccc(C(C)(C)C)cc2-c2ccccc2)sc2ccccc12)C(C)(C)CCC3(C)C. The second-order valence-corrected chi connectivity index (χ2v) is 23.3. The summed E-state index contributed by atoms with van der Waals surface area (Å²) in [6, 6.07) is 46.9. The summed E-state index contributed by atoms with van der Waals surface area (Å²) in [5, 5.41) is 1.36. The zero-order valence-corrected chi connectivity index (χ0v) is 40.7. The number of rotatable bonds is 6. The molecule has 0 bridgehead atoms. The summed E-state index contributed by atoms with van der Waals surface area (Å²) in [6.45, 7) is 28.4. The molecule has 0 nitrogen and oxygen atoms in total. The van der Waals surface area contributed by atoms with Crippen LogP contribution in [0.15, 0.2) is 121 Å². The Hall–Kier alpha value is -5.18. The molecule has 9 rings (SSSR count). The fraction of sp³-hybridized carbons (Fsp3) is 0.311. The van der Waals surface area contributed by atoms with E-state index in [9.17, 15) is 0 Å². The van der Waals surface area contributed by atoms with Gasteiger partial charge in [-0.2, -0.15) is 0 Å². The fourth-order valence-electron chi connectivity index (χ4n) is 10.6. The molecule has 2 aliphatic rings. The van der Waals surface area contributed by atoms with Gasteiger partial charge in [0, 0.05) is 9.58 Å². The molecule has 2 heterocycles. The average Bonchev–Trinajstić information content (AvgIpc) is 3.54. The van der Waals surface area contributed by atoms with Crippen molar-refractivity contribution in [2.75, 3.05) is 0 Å². The lowest BCUT2D eigenvalue weighted by Gasteiger charge is -2.43. The summed E-state index contributed by atoms with van der Waals surface area (Å²) >= 11 is 1.94. The van der Waals surface area contributed by atoms with Crippen LogP contribution in [0, 0.1) is 13.8 Å². The number of thiophene rings is 1. The molecule has 0 N–H and O–H groups in total. The van der Waals surface area contributed by atoms with E-state index in [1.54, 1.807) is 0 Å². The second kappa shape index (κ2) is 15.8. The van der Waals surface area contributed by atoms with E-state index in [-0.39, 0.29) is 28.4 Å². The van der Waals surface area contributed by atoms with E-state index in [1.165, 1.54) is 117 Å². The first-order valence-corrected chi connectivity index (χ1v) is 24.1. The number of hydrogen-bond acceptors (Lipinski definition) is 1. The summed E-state index contributed by atoms with van der Waals surface area (Å²) in [5.41, 5.74) is 22.3. The van der Waals surface area contributed by atoms with Gasteiger partial charge in [0.25, 0.3) is 0 Å². The van der Waals surface area contributed by atoms with Crippen LogP contribution in [-0.2, 0) is 28.1 Å². The van der Waals surface area contributed by atoms with E-state index in [2.05, 4.69) is 223 Å². The maximum atomic E-state index is 2.69. The van der Waals surface area contributed by atoms with Crippen LogP contribution < -0.4 is 16.4 Å². The Labute approximate surface area is 383 Å². The van der Waals surface area contributed by atoms with Crippen molar-refractivity contribution in [3.8, 4) is 11.1 Å². The summed E-state index contributed by atoms with van der Waals surface area (Å²) in [6.07, 6.45) is 10.7. The van der Waals surface area contributed by atoms with E-state index in [0.717, 1.165) is 6.42 Å². The third kappa shape index (κ3) is 8.14. The van der Waals surface area contributed by atoms with Gasteiger partial charge in [0.1, 0.15) is 0 Å². The van der Waals surface area contributed by atoms with Gasteiger partial charge in [-0.05, 0) is 139 Å². The molecule has 1 aromatic heterocycles. The molecule has 0 saturated heterocycles. The molecule has 0 saturated carbocycles. The molecule has 6 aromatic carbocycles. The molecule has 318 valence electrons. The first kappa shape index (κ1) is 43.1. The molecule has 0 fully saturated rings. The highest BCUT2D eigenvalue weighted by Crippen LogP contribution is 2.47. The topological polar surface area (TPSA) is 0 Å². The van der Waals surface area contributed by atoms with Crippen LogP contribution in [0.3, 0.4) is 0 Å². The highest BCUT2D eigenvalue weighted by molar-refractivity contribution is 7.23. The molecule has 7 aromatic rings. The Balaban J connectivity index is 1.31. The minimum atomic E-state index is 0.0337. The van der Waals surface area contributed by atoms with Crippen molar-refractivity contribution in [3.05, 3.63) is 182 Å². The summed E-state index contributed by atoms with van der Waals surface area (Å²) in [4.78, 5) is 1.33. The maximum Gasteiger partial charge on any atom is 0.245 e. The van der Waals surface area contributed by atoms with Crippen LogP contribution in [0.1, 0.15) is 143 Å². The largest absolute Gasteiger partial charge is 0.245 e. The number of allylic oxidation sites excluding steroid dienone is 1. The molecule has 0 unspecified atom stereocenters. The van der Waals surface area contributed by atoms with Gasteiger partial charge in [-0.3, -0.25) is 0 Å². The van der Waals surface area contributed by atoms with Gasteiger partial charge < -0.3 is 0 Å². The number of aryl methyl sites for hydroxylation is 2. The minimum absolute atomic E-state index is 0.0337. The number of hydrogen-bond donors (Lipinski definition) is 0. The first-order valence-electron chi connectivity index (χ1n) is 23.3. The van der Waals surface area contributed by atoms with Gasteiger partial charge in [0.15, 0.2) is 0 Å². The third-order valence-electron chi connectivity index (χ3n) is 14.4. The molecule has 0 atom stereocenters. The molecular weight excluding hydrogens is 776 g/mol. The van der Waals surface area contributed by atoms with Crippen molar-refractivity contribution in [2.24, 2.45) is 0 Å². The first-order chi connectivity index (χ1) is 29.8. The van der Waals surface area contributed by atoms with Gasteiger partial charge in [0.2, 0.25) is 6.71 Å². The fourth-order valence-corrected chi connectivity index (χ4v) is 11.7. The standard InChI is InChI=1S/C61H65BS/c1-39-32-40(2)56-45(33-39)35-44(34-41-22-26-46(27-23-41)58(3,4)5)50-37-51-52(61(11,12)31-30-60(51,9)10)38-53(50)62(56)57-48-20-16-17-21-54(48)63-55(57)29-25-43-24-28-47(59(6,7)8)36-49(43)42-18-14-13-15-19-42/h13-29,32-33,35-38H,30-31,34H2,1-12H3/b29-25-. The summed E-state index contributed by atoms with van der Waals surface area (Å²) in [7, 11) is 0. The Morgan fingerprint density at radius 2 is 1.25 bits per heavy atom. The van der Waals surface area contributed by atoms with E-state index in [1.807, 2.05) is 11.3 Å². The lowest BCUT2D eigenvalue weighted by Crippen LogP contribution is -2.55. The van der Waals surface area contributed by atoms with Gasteiger partial charge in [-0.1, -0.05) is 219 Å². The monoisotopic (exact) mass is 840 g/mol. The van der Waals surface area contributed by atoms with Crippen molar-refractivity contribution in [1.82, 2.24) is 0 Å². The van der Waals surface area contributed by atoms with Crippen molar-refractivity contribution in [3.63, 3.8) is 0 Å². The van der Waals surface area contributed by atoms with Gasteiger partial charge in [-0.15, -0.1) is 11.3 Å². The van der Waals surface area contributed by atoms with Gasteiger partial charge in [-0.25, -0.2) is 0 Å². The van der Waals surface area contributed by atoms with Crippen LogP contribution in [0.4, 0.5) is 0 Å². The Bertz CT molecular complexity index is 2930. The highest BCUT2D eigenvalue weighted by Gasteiger charge is 2.41. The lowest BCUT2D eigenvalue weighted by atomic mass is 9.34. The van der Waals surface area contributed by atoms with Gasteiger partial charge in [0.05, 0.1) is 0 Å². The van der Waals surface area contributed by atoms with E-state index in [4.69, 9.17) is 0 Å². The van der Waals surface area contributed by atoms with E-state index < -0.39 is 0 Å². The minimum Gasteiger partial charge on any atom is -0.136 e. The van der Waals surface area contributed by atoms with Crippen molar-refractivity contribution in [2.45, 2.75) is 124 Å². The second-order valence-electron chi connectivity index (χ2n) is 22.2. The highest BCUT2D eigenvalue weighted by atomic mass is 32.1. The molecule has 63 heavy (non-hydrogen) atoms. The smallest absolute Gasteiger partial charge is 0.136 e. The van der Waals surface area contributed by atoms with Crippen LogP contribution >= 0.6 is 11.3 Å². The van der Waals surface area contributed by atoms with Crippen molar-refractivity contribution >= 4 is 68.3 Å². The van der Waals surface area contributed by atoms with E-state index in [0.29, 0.717) is 0 Å². The van der Waals surface area contributed by atoms with E-state index >= 15 is 0 Å². The predicted molar refractivity (Wildman–Crippen MR) is 280 cm³/mol. The zero-order chi connectivity index (χ0) is 44.6. The molecule has 0 radical (unpaired) electrons. The van der Waals surface area contributed by atoms with Crippen molar-refractivity contribution < 1.29 is 0 Å². The van der Waals surface area contributed by atoms with Crippen LogP contribution in [0.2, 0.25) is 0 Å². The molecule has 1 aliphatic carbocycles. The number of benzene rings is 6. The Morgan fingerprint density at radius 1 is 0.619 bits per heavy atom. The molecule has 2 heteroatoms. The van der Waals surface area contributed by atoms with Crippen LogP contribution in [0.25, 0.3) is 45.0 Å². The van der Waals surface area contributed by atoms with Gasteiger partial charge >= 0.3 is 0 Å².